The smallest absolute Gasteiger partial charge is 0.276 e. The number of nitrogens with one attached hydrogen (secondary N) is 1. The summed E-state index contributed by atoms with van der Waals surface area (Å²) in [4.78, 5) is 18.7. The number of piperidine rings is 1. The van der Waals surface area contributed by atoms with Crippen LogP contribution in [0.2, 0.25) is 0 Å². The Hall–Kier alpha value is -2.14. The SMILES string of the molecule is CNC1CCN(C(=O)c2ncoc2-c2ccc(C)cc2)CC1. The molecule has 22 heavy (non-hydrogen) atoms. The van der Waals surface area contributed by atoms with E-state index in [9.17, 15) is 4.79 Å². The van der Waals surface area contributed by atoms with Gasteiger partial charge >= 0.3 is 0 Å². The molecule has 1 aliphatic heterocycles. The van der Waals surface area contributed by atoms with Crippen molar-refractivity contribution in [2.75, 3.05) is 20.1 Å². The molecule has 116 valence electrons. The van der Waals surface area contributed by atoms with Gasteiger partial charge in [0.15, 0.2) is 17.8 Å². The van der Waals surface area contributed by atoms with Crippen LogP contribution in [0.1, 0.15) is 28.9 Å². The third-order valence-electron chi connectivity index (χ3n) is 4.27. The fourth-order valence-electron chi connectivity index (χ4n) is 2.83. The highest BCUT2D eigenvalue weighted by molar-refractivity contribution is 5.97. The van der Waals surface area contributed by atoms with Crippen molar-refractivity contribution in [1.82, 2.24) is 15.2 Å². The van der Waals surface area contributed by atoms with Gasteiger partial charge in [-0.1, -0.05) is 29.8 Å². The largest absolute Gasteiger partial charge is 0.443 e. The molecule has 1 aromatic heterocycles. The van der Waals surface area contributed by atoms with Crippen molar-refractivity contribution in [2.24, 2.45) is 0 Å². The summed E-state index contributed by atoms with van der Waals surface area (Å²) in [7, 11) is 1.97. The Kier molecular flexibility index (Phi) is 4.24. The van der Waals surface area contributed by atoms with Crippen molar-refractivity contribution >= 4 is 5.91 Å². The Labute approximate surface area is 130 Å². The Morgan fingerprint density at radius 3 is 2.59 bits per heavy atom. The summed E-state index contributed by atoms with van der Waals surface area (Å²) in [6.07, 6.45) is 3.29. The van der Waals surface area contributed by atoms with Gasteiger partial charge in [-0.2, -0.15) is 0 Å². The lowest BCUT2D eigenvalue weighted by Crippen LogP contribution is -2.44. The minimum atomic E-state index is -0.0427. The van der Waals surface area contributed by atoms with Crippen molar-refractivity contribution in [3.8, 4) is 11.3 Å². The lowest BCUT2D eigenvalue weighted by Gasteiger charge is -2.31. The van der Waals surface area contributed by atoms with Crippen LogP contribution in [-0.4, -0.2) is 42.0 Å². The molecule has 5 nitrogen and oxygen atoms in total. The highest BCUT2D eigenvalue weighted by Gasteiger charge is 2.27. The molecule has 1 aliphatic rings. The van der Waals surface area contributed by atoms with Gasteiger partial charge in [-0.25, -0.2) is 4.98 Å². The van der Waals surface area contributed by atoms with Crippen LogP contribution in [0.5, 0.6) is 0 Å². The highest BCUT2D eigenvalue weighted by Crippen LogP contribution is 2.25. The maximum absolute atomic E-state index is 12.7. The molecule has 1 amide bonds. The van der Waals surface area contributed by atoms with Gasteiger partial charge in [0.2, 0.25) is 0 Å². The molecule has 2 heterocycles. The topological polar surface area (TPSA) is 58.4 Å². The first-order valence-electron chi connectivity index (χ1n) is 7.66. The molecule has 0 aliphatic carbocycles. The van der Waals surface area contributed by atoms with Crippen LogP contribution in [0.25, 0.3) is 11.3 Å². The molecule has 0 saturated carbocycles. The molecule has 1 saturated heterocycles. The first-order valence-corrected chi connectivity index (χ1v) is 7.66. The van der Waals surface area contributed by atoms with Gasteiger partial charge in [0.05, 0.1) is 0 Å². The minimum absolute atomic E-state index is 0.0427. The van der Waals surface area contributed by atoms with Crippen molar-refractivity contribution in [3.05, 3.63) is 41.9 Å². The average Bonchev–Trinajstić information content (AvgIpc) is 3.04. The molecule has 0 atom stereocenters. The lowest BCUT2D eigenvalue weighted by molar-refractivity contribution is 0.0702. The van der Waals surface area contributed by atoms with Gasteiger partial charge in [-0.15, -0.1) is 0 Å². The fraction of sp³-hybridized carbons (Fsp3) is 0.412. The molecule has 0 spiro atoms. The van der Waals surface area contributed by atoms with Gasteiger partial charge in [-0.05, 0) is 26.8 Å². The van der Waals surface area contributed by atoms with Gasteiger partial charge < -0.3 is 14.6 Å². The maximum Gasteiger partial charge on any atom is 0.276 e. The van der Waals surface area contributed by atoms with Crippen LogP contribution in [0.15, 0.2) is 35.1 Å². The number of carbonyl (C=O) groups is 1. The molecule has 0 bridgehead atoms. The summed E-state index contributed by atoms with van der Waals surface area (Å²) in [5.41, 5.74) is 2.47. The average molecular weight is 299 g/mol. The van der Waals surface area contributed by atoms with Crippen LogP contribution in [0.3, 0.4) is 0 Å². The van der Waals surface area contributed by atoms with Crippen LogP contribution in [0.4, 0.5) is 0 Å². The van der Waals surface area contributed by atoms with Crippen molar-refractivity contribution in [3.63, 3.8) is 0 Å². The second-order valence-electron chi connectivity index (χ2n) is 5.75. The number of hydrogen-bond acceptors (Lipinski definition) is 4. The Morgan fingerprint density at radius 1 is 1.27 bits per heavy atom. The number of amides is 1. The summed E-state index contributed by atoms with van der Waals surface area (Å²) in [5.74, 6) is 0.514. The van der Waals surface area contributed by atoms with E-state index in [0.717, 1.165) is 31.5 Å². The van der Waals surface area contributed by atoms with Gasteiger partial charge in [-0.3, -0.25) is 4.79 Å². The predicted octanol–water partition coefficient (Wildman–Crippen LogP) is 2.47. The molecule has 1 aromatic carbocycles. The minimum Gasteiger partial charge on any atom is -0.443 e. The van der Waals surface area contributed by atoms with E-state index in [2.05, 4.69) is 10.3 Å². The molecule has 0 radical (unpaired) electrons. The van der Waals surface area contributed by atoms with Gasteiger partial charge in [0.1, 0.15) is 0 Å². The zero-order valence-electron chi connectivity index (χ0n) is 13.0. The van der Waals surface area contributed by atoms with Crippen LogP contribution < -0.4 is 5.32 Å². The first kappa shape index (κ1) is 14.8. The van der Waals surface area contributed by atoms with E-state index in [1.807, 2.05) is 43.1 Å². The number of benzene rings is 1. The van der Waals surface area contributed by atoms with E-state index < -0.39 is 0 Å². The summed E-state index contributed by atoms with van der Waals surface area (Å²) in [6, 6.07) is 8.42. The van der Waals surface area contributed by atoms with E-state index in [4.69, 9.17) is 4.42 Å². The van der Waals surface area contributed by atoms with Gasteiger partial charge in [0.25, 0.3) is 5.91 Å². The Bertz CT molecular complexity index is 640. The van der Waals surface area contributed by atoms with E-state index >= 15 is 0 Å². The second kappa shape index (κ2) is 6.32. The molecule has 1 fully saturated rings. The third kappa shape index (κ3) is 2.90. The Morgan fingerprint density at radius 2 is 1.95 bits per heavy atom. The number of likely N-dealkylation sites (tertiary alicyclic amines) is 1. The standard InChI is InChI=1S/C17H21N3O2/c1-12-3-5-13(6-4-12)16-15(19-11-22-16)17(21)20-9-7-14(18-2)8-10-20/h3-6,11,14,18H,7-10H2,1-2H3. The molecular formula is C17H21N3O2. The molecule has 5 heteroatoms. The summed E-state index contributed by atoms with van der Waals surface area (Å²) < 4.78 is 5.47. The van der Waals surface area contributed by atoms with E-state index in [1.54, 1.807) is 0 Å². The number of oxazole rings is 1. The predicted molar refractivity (Wildman–Crippen MR) is 84.7 cm³/mol. The maximum atomic E-state index is 12.7. The molecule has 0 unspecified atom stereocenters. The van der Waals surface area contributed by atoms with E-state index in [0.29, 0.717) is 17.5 Å². The Balaban J connectivity index is 1.80. The number of aryl methyl sites for hydroxylation is 1. The molecule has 3 rings (SSSR count). The lowest BCUT2D eigenvalue weighted by atomic mass is 10.0. The third-order valence-corrected chi connectivity index (χ3v) is 4.27. The van der Waals surface area contributed by atoms with E-state index in [-0.39, 0.29) is 5.91 Å². The normalized spacial score (nSPS) is 16.0. The number of nitrogens with zero attached hydrogens (tertiary/aromatic N) is 2. The number of hydrogen-bond donors (Lipinski definition) is 1. The second-order valence-corrected chi connectivity index (χ2v) is 5.75. The van der Waals surface area contributed by atoms with Crippen molar-refractivity contribution in [1.29, 1.82) is 0 Å². The zero-order valence-corrected chi connectivity index (χ0v) is 13.0. The fourth-order valence-corrected chi connectivity index (χ4v) is 2.83. The monoisotopic (exact) mass is 299 g/mol. The van der Waals surface area contributed by atoms with E-state index in [1.165, 1.54) is 12.0 Å². The summed E-state index contributed by atoms with van der Waals surface area (Å²) >= 11 is 0. The van der Waals surface area contributed by atoms with Crippen LogP contribution in [0, 0.1) is 6.92 Å². The molecule has 1 N–H and O–H groups in total. The van der Waals surface area contributed by atoms with Crippen molar-refractivity contribution in [2.45, 2.75) is 25.8 Å². The number of carbonyl (C=O) groups excluding carboxylic acids is 1. The zero-order chi connectivity index (χ0) is 15.5. The van der Waals surface area contributed by atoms with Crippen molar-refractivity contribution < 1.29 is 9.21 Å². The van der Waals surface area contributed by atoms with Gasteiger partial charge in [0, 0.05) is 24.7 Å². The van der Waals surface area contributed by atoms with Crippen LogP contribution in [-0.2, 0) is 0 Å². The highest BCUT2D eigenvalue weighted by atomic mass is 16.3. The summed E-state index contributed by atoms with van der Waals surface area (Å²) in [5, 5.41) is 3.27. The number of aromatic nitrogens is 1. The quantitative estimate of drug-likeness (QED) is 0.946. The summed E-state index contributed by atoms with van der Waals surface area (Å²) in [6.45, 7) is 3.54. The molecular weight excluding hydrogens is 278 g/mol. The first-order chi connectivity index (χ1) is 10.7. The number of rotatable bonds is 3. The van der Waals surface area contributed by atoms with Crippen LogP contribution >= 0.6 is 0 Å². The molecule has 2 aromatic rings.